The number of nitrogens with two attached hydrogens (primary N) is 1. The predicted molar refractivity (Wildman–Crippen MR) is 58.5 cm³/mol. The minimum absolute atomic E-state index is 0.108. The lowest BCUT2D eigenvalue weighted by atomic mass is 9.93. The Kier molecular flexibility index (Phi) is 3.97. The third-order valence-electron chi connectivity index (χ3n) is 2.08. The van der Waals surface area contributed by atoms with Gasteiger partial charge in [0, 0.05) is 5.70 Å². The van der Waals surface area contributed by atoms with E-state index in [-0.39, 0.29) is 11.3 Å². The smallest absolute Gasteiger partial charge is 0.138 e. The number of hydrogen-bond acceptors (Lipinski definition) is 4. The molecular weight excluding hydrogens is 214 g/mol. The van der Waals surface area contributed by atoms with Gasteiger partial charge in [0.25, 0.3) is 0 Å². The van der Waals surface area contributed by atoms with Crippen molar-refractivity contribution < 1.29 is 4.84 Å². The molecule has 1 rings (SSSR count). The zero-order valence-corrected chi connectivity index (χ0v) is 9.71. The summed E-state index contributed by atoms with van der Waals surface area (Å²) in [5.74, 6) is -0.108. The third kappa shape index (κ3) is 4.08. The number of nitriles is 1. The SMILES string of the molecule is CC(C)(N)ONC1=CC(Cl)C(C#N)CC1. The zero-order chi connectivity index (χ0) is 11.5. The van der Waals surface area contributed by atoms with Crippen LogP contribution >= 0.6 is 11.6 Å². The molecule has 4 nitrogen and oxygen atoms in total. The van der Waals surface area contributed by atoms with Gasteiger partial charge in [-0.05, 0) is 32.8 Å². The van der Waals surface area contributed by atoms with Crippen LogP contribution in [-0.2, 0) is 4.84 Å². The van der Waals surface area contributed by atoms with Crippen LogP contribution < -0.4 is 11.2 Å². The highest BCUT2D eigenvalue weighted by atomic mass is 35.5. The maximum atomic E-state index is 8.77. The number of halogens is 1. The molecule has 0 saturated carbocycles. The first kappa shape index (κ1) is 12.3. The third-order valence-corrected chi connectivity index (χ3v) is 2.51. The Morgan fingerprint density at radius 1 is 1.73 bits per heavy atom. The highest BCUT2D eigenvalue weighted by Crippen LogP contribution is 2.26. The molecular formula is C10H16ClN3O. The van der Waals surface area contributed by atoms with Crippen molar-refractivity contribution in [1.82, 2.24) is 5.48 Å². The van der Waals surface area contributed by atoms with Gasteiger partial charge in [-0.25, -0.2) is 0 Å². The first-order valence-electron chi connectivity index (χ1n) is 4.89. The van der Waals surface area contributed by atoms with Crippen molar-refractivity contribution in [2.45, 2.75) is 37.8 Å². The van der Waals surface area contributed by atoms with E-state index < -0.39 is 5.72 Å². The second-order valence-corrected chi connectivity index (χ2v) is 4.72. The van der Waals surface area contributed by atoms with Gasteiger partial charge in [-0.15, -0.1) is 11.6 Å². The monoisotopic (exact) mass is 229 g/mol. The molecule has 0 saturated heterocycles. The van der Waals surface area contributed by atoms with Crippen LogP contribution in [0, 0.1) is 17.2 Å². The molecule has 2 atom stereocenters. The molecule has 84 valence electrons. The van der Waals surface area contributed by atoms with Gasteiger partial charge in [0.15, 0.2) is 0 Å². The summed E-state index contributed by atoms with van der Waals surface area (Å²) in [4.78, 5) is 5.20. The van der Waals surface area contributed by atoms with Crippen molar-refractivity contribution >= 4 is 11.6 Å². The van der Waals surface area contributed by atoms with Gasteiger partial charge in [0.1, 0.15) is 5.72 Å². The van der Waals surface area contributed by atoms with Crippen molar-refractivity contribution in [2.75, 3.05) is 0 Å². The fraction of sp³-hybridized carbons (Fsp3) is 0.700. The second-order valence-electron chi connectivity index (χ2n) is 4.22. The lowest BCUT2D eigenvalue weighted by molar-refractivity contribution is -0.0680. The van der Waals surface area contributed by atoms with Gasteiger partial charge in [0.2, 0.25) is 0 Å². The fourth-order valence-electron chi connectivity index (χ4n) is 1.28. The molecule has 0 aromatic heterocycles. The van der Waals surface area contributed by atoms with Gasteiger partial charge in [-0.1, -0.05) is 0 Å². The van der Waals surface area contributed by atoms with Gasteiger partial charge < -0.3 is 5.73 Å². The van der Waals surface area contributed by atoms with Crippen molar-refractivity contribution in [2.24, 2.45) is 11.7 Å². The summed E-state index contributed by atoms with van der Waals surface area (Å²) < 4.78 is 0. The van der Waals surface area contributed by atoms with Crippen LogP contribution in [0.1, 0.15) is 26.7 Å². The number of allylic oxidation sites excluding steroid dienone is 2. The van der Waals surface area contributed by atoms with Crippen molar-refractivity contribution in [3.63, 3.8) is 0 Å². The number of hydroxylamine groups is 1. The Bertz CT molecular complexity index is 290. The van der Waals surface area contributed by atoms with Crippen LogP contribution in [0.2, 0.25) is 0 Å². The van der Waals surface area contributed by atoms with E-state index in [1.54, 1.807) is 13.8 Å². The van der Waals surface area contributed by atoms with Gasteiger partial charge in [-0.2, -0.15) is 5.26 Å². The molecule has 0 fully saturated rings. The van der Waals surface area contributed by atoms with E-state index in [0.717, 1.165) is 18.5 Å². The van der Waals surface area contributed by atoms with Gasteiger partial charge in [0.05, 0.1) is 17.4 Å². The summed E-state index contributed by atoms with van der Waals surface area (Å²) in [6, 6.07) is 2.18. The number of hydrogen-bond donors (Lipinski definition) is 2. The summed E-state index contributed by atoms with van der Waals surface area (Å²) in [6.07, 6.45) is 3.32. The maximum absolute atomic E-state index is 8.77. The lowest BCUT2D eigenvalue weighted by Crippen LogP contribution is -2.41. The molecule has 0 aliphatic heterocycles. The number of nitrogens with zero attached hydrogens (tertiary/aromatic N) is 1. The molecule has 3 N–H and O–H groups in total. The van der Waals surface area contributed by atoms with Crippen LogP contribution in [0.4, 0.5) is 0 Å². The number of alkyl halides is 1. The van der Waals surface area contributed by atoms with Crippen LogP contribution in [-0.4, -0.2) is 11.1 Å². The summed E-state index contributed by atoms with van der Waals surface area (Å²) in [6.45, 7) is 3.50. The Labute approximate surface area is 95.0 Å². The minimum atomic E-state index is -0.727. The first-order valence-corrected chi connectivity index (χ1v) is 5.33. The van der Waals surface area contributed by atoms with Gasteiger partial charge in [-0.3, -0.25) is 10.3 Å². The Morgan fingerprint density at radius 2 is 2.40 bits per heavy atom. The molecule has 0 spiro atoms. The molecule has 2 unspecified atom stereocenters. The molecule has 0 amide bonds. The number of nitrogens with one attached hydrogen (secondary N) is 1. The molecule has 0 radical (unpaired) electrons. The lowest BCUT2D eigenvalue weighted by Gasteiger charge is -2.25. The van der Waals surface area contributed by atoms with Crippen molar-refractivity contribution in [3.05, 3.63) is 11.8 Å². The standard InChI is InChI=1S/C10H16ClN3O/c1-10(2,13)15-14-8-4-3-7(6-12)9(11)5-8/h5,7,9,14H,3-4,13H2,1-2H3. The normalized spacial score (nSPS) is 26.7. The zero-order valence-electron chi connectivity index (χ0n) is 8.96. The maximum Gasteiger partial charge on any atom is 0.138 e. The largest absolute Gasteiger partial charge is 0.302 e. The highest BCUT2D eigenvalue weighted by Gasteiger charge is 2.23. The molecule has 1 aliphatic rings. The van der Waals surface area contributed by atoms with E-state index in [2.05, 4.69) is 11.5 Å². The van der Waals surface area contributed by atoms with E-state index in [0.29, 0.717) is 0 Å². The predicted octanol–water partition coefficient (Wildman–Crippen LogP) is 1.63. The first-order chi connectivity index (χ1) is 6.92. The average Bonchev–Trinajstić information content (AvgIpc) is 2.14. The Morgan fingerprint density at radius 3 is 2.87 bits per heavy atom. The van der Waals surface area contributed by atoms with E-state index in [9.17, 15) is 0 Å². The van der Waals surface area contributed by atoms with Crippen molar-refractivity contribution in [3.8, 4) is 6.07 Å². The highest BCUT2D eigenvalue weighted by molar-refractivity contribution is 6.22. The second kappa shape index (κ2) is 4.84. The van der Waals surface area contributed by atoms with Crippen LogP contribution in [0.5, 0.6) is 0 Å². The van der Waals surface area contributed by atoms with Crippen LogP contribution in [0.3, 0.4) is 0 Å². The van der Waals surface area contributed by atoms with E-state index in [1.807, 2.05) is 6.08 Å². The summed E-state index contributed by atoms with van der Waals surface area (Å²) in [7, 11) is 0. The molecule has 0 aromatic carbocycles. The Balaban J connectivity index is 2.49. The summed E-state index contributed by atoms with van der Waals surface area (Å²) in [5.41, 5.74) is 8.58. The number of rotatable bonds is 3. The van der Waals surface area contributed by atoms with Crippen LogP contribution in [0.25, 0.3) is 0 Å². The fourth-order valence-corrected chi connectivity index (χ4v) is 1.61. The van der Waals surface area contributed by atoms with Crippen LogP contribution in [0.15, 0.2) is 11.8 Å². The molecule has 5 heteroatoms. The molecule has 1 aliphatic carbocycles. The topological polar surface area (TPSA) is 71.1 Å². The van der Waals surface area contributed by atoms with E-state index in [1.165, 1.54) is 0 Å². The summed E-state index contributed by atoms with van der Waals surface area (Å²) in [5, 5.41) is 8.52. The minimum Gasteiger partial charge on any atom is -0.302 e. The molecule has 15 heavy (non-hydrogen) atoms. The average molecular weight is 230 g/mol. The Hall–Kier alpha value is -0.760. The molecule has 0 aromatic rings. The van der Waals surface area contributed by atoms with E-state index in [4.69, 9.17) is 27.4 Å². The van der Waals surface area contributed by atoms with Crippen molar-refractivity contribution in [1.29, 1.82) is 5.26 Å². The summed E-state index contributed by atoms with van der Waals surface area (Å²) >= 11 is 6.00. The van der Waals surface area contributed by atoms with E-state index >= 15 is 0 Å². The molecule has 0 bridgehead atoms. The van der Waals surface area contributed by atoms with Gasteiger partial charge >= 0.3 is 0 Å². The quantitative estimate of drug-likeness (QED) is 0.438. The molecule has 0 heterocycles.